The summed E-state index contributed by atoms with van der Waals surface area (Å²) >= 11 is 1.87. The summed E-state index contributed by atoms with van der Waals surface area (Å²) in [7, 11) is 0. The van der Waals surface area contributed by atoms with Crippen LogP contribution in [-0.4, -0.2) is 18.0 Å². The first kappa shape index (κ1) is 11.1. The molecule has 0 atom stereocenters. The van der Waals surface area contributed by atoms with Gasteiger partial charge in [0.15, 0.2) is 0 Å². The molecule has 3 nitrogen and oxygen atoms in total. The molecule has 1 aromatic heterocycles. The van der Waals surface area contributed by atoms with Crippen molar-refractivity contribution in [1.82, 2.24) is 10.3 Å². The van der Waals surface area contributed by atoms with E-state index in [-0.39, 0.29) is 0 Å². The van der Waals surface area contributed by atoms with Gasteiger partial charge in [-0.1, -0.05) is 6.42 Å². The van der Waals surface area contributed by atoms with E-state index < -0.39 is 0 Å². The van der Waals surface area contributed by atoms with Crippen LogP contribution in [0.3, 0.4) is 0 Å². The van der Waals surface area contributed by atoms with Gasteiger partial charge in [-0.15, -0.1) is 11.3 Å². The van der Waals surface area contributed by atoms with Crippen molar-refractivity contribution in [2.75, 3.05) is 13.1 Å². The number of hydrogen-bond donors (Lipinski definition) is 2. The summed E-state index contributed by atoms with van der Waals surface area (Å²) in [5.41, 5.74) is 2.70. The maximum Gasteiger partial charge on any atom is 0.0442 e. The summed E-state index contributed by atoms with van der Waals surface area (Å²) in [5.74, 6) is 5.30. The van der Waals surface area contributed by atoms with Crippen molar-refractivity contribution in [1.29, 1.82) is 0 Å². The molecular weight excluding hydrogens is 206 g/mol. The van der Waals surface area contributed by atoms with Crippen molar-refractivity contribution in [3.05, 3.63) is 21.9 Å². The van der Waals surface area contributed by atoms with E-state index >= 15 is 0 Å². The molecule has 0 aromatic carbocycles. The summed E-state index contributed by atoms with van der Waals surface area (Å²) < 4.78 is 0. The number of piperidine rings is 1. The number of hydrazine groups is 1. The lowest BCUT2D eigenvalue weighted by Crippen LogP contribution is -2.28. The Bertz CT molecular complexity index is 292. The van der Waals surface area contributed by atoms with Gasteiger partial charge in [-0.3, -0.25) is 16.2 Å². The molecule has 0 radical (unpaired) electrons. The topological polar surface area (TPSA) is 41.3 Å². The molecule has 0 unspecified atom stereocenters. The fourth-order valence-electron chi connectivity index (χ4n) is 2.04. The second-order valence-electron chi connectivity index (χ2n) is 4.09. The zero-order chi connectivity index (χ0) is 10.5. The fourth-order valence-corrected chi connectivity index (χ4v) is 3.05. The Labute approximate surface area is 95.2 Å². The highest BCUT2D eigenvalue weighted by atomic mass is 32.1. The summed E-state index contributed by atoms with van der Waals surface area (Å²) in [5, 5.41) is 0. The lowest BCUT2D eigenvalue weighted by Gasteiger charge is -2.25. The largest absolute Gasteiger partial charge is 0.298 e. The lowest BCUT2D eigenvalue weighted by atomic mass is 10.1. The molecule has 1 saturated heterocycles. The van der Waals surface area contributed by atoms with E-state index in [4.69, 9.17) is 5.84 Å². The van der Waals surface area contributed by atoms with Gasteiger partial charge in [-0.05, 0) is 38.1 Å². The Balaban J connectivity index is 1.86. The van der Waals surface area contributed by atoms with Gasteiger partial charge < -0.3 is 0 Å². The number of thiophene rings is 1. The van der Waals surface area contributed by atoms with Crippen molar-refractivity contribution in [2.24, 2.45) is 5.84 Å². The summed E-state index contributed by atoms with van der Waals surface area (Å²) in [4.78, 5) is 5.33. The van der Waals surface area contributed by atoms with Crippen LogP contribution in [-0.2, 0) is 13.1 Å². The van der Waals surface area contributed by atoms with Gasteiger partial charge >= 0.3 is 0 Å². The van der Waals surface area contributed by atoms with Crippen LogP contribution >= 0.6 is 11.3 Å². The van der Waals surface area contributed by atoms with Gasteiger partial charge in [-0.2, -0.15) is 0 Å². The van der Waals surface area contributed by atoms with Crippen molar-refractivity contribution in [2.45, 2.75) is 32.4 Å². The first-order valence-corrected chi connectivity index (χ1v) is 6.43. The number of rotatable bonds is 4. The SMILES string of the molecule is NNCc1ccc(CN2CCCCC2)s1. The van der Waals surface area contributed by atoms with Crippen LogP contribution in [0.1, 0.15) is 29.0 Å². The average Bonchev–Trinajstić information content (AvgIpc) is 2.68. The van der Waals surface area contributed by atoms with Crippen LogP contribution in [0.2, 0.25) is 0 Å². The Hall–Kier alpha value is -0.420. The molecule has 4 heteroatoms. The quantitative estimate of drug-likeness (QED) is 0.605. The zero-order valence-electron chi connectivity index (χ0n) is 9.04. The number of hydrogen-bond acceptors (Lipinski definition) is 4. The molecule has 0 bridgehead atoms. The second-order valence-corrected chi connectivity index (χ2v) is 5.34. The fraction of sp³-hybridized carbons (Fsp3) is 0.636. The summed E-state index contributed by atoms with van der Waals surface area (Å²) in [6, 6.07) is 4.40. The maximum atomic E-state index is 5.30. The number of nitrogens with one attached hydrogen (secondary N) is 1. The lowest BCUT2D eigenvalue weighted by molar-refractivity contribution is 0.222. The third-order valence-corrected chi connectivity index (χ3v) is 3.89. The van der Waals surface area contributed by atoms with E-state index in [1.807, 2.05) is 11.3 Å². The molecule has 1 aromatic rings. The van der Waals surface area contributed by atoms with Crippen LogP contribution in [0.15, 0.2) is 12.1 Å². The van der Waals surface area contributed by atoms with Crippen LogP contribution in [0.5, 0.6) is 0 Å². The molecule has 1 fully saturated rings. The first-order chi connectivity index (χ1) is 7.38. The molecule has 0 saturated carbocycles. The van der Waals surface area contributed by atoms with E-state index in [1.165, 1.54) is 42.1 Å². The molecule has 3 N–H and O–H groups in total. The Morgan fingerprint density at radius 2 is 1.93 bits per heavy atom. The third-order valence-electron chi connectivity index (χ3n) is 2.82. The van der Waals surface area contributed by atoms with Crippen molar-refractivity contribution in [3.8, 4) is 0 Å². The molecule has 15 heavy (non-hydrogen) atoms. The van der Waals surface area contributed by atoms with Crippen molar-refractivity contribution >= 4 is 11.3 Å². The number of nitrogens with two attached hydrogens (primary N) is 1. The minimum atomic E-state index is 0.782. The predicted molar refractivity (Wildman–Crippen MR) is 64.5 cm³/mol. The van der Waals surface area contributed by atoms with Gasteiger partial charge in [0.1, 0.15) is 0 Å². The number of likely N-dealkylation sites (tertiary alicyclic amines) is 1. The molecule has 2 rings (SSSR count). The normalized spacial score (nSPS) is 18.2. The van der Waals surface area contributed by atoms with E-state index in [0.717, 1.165) is 13.1 Å². The Kier molecular flexibility index (Phi) is 4.14. The standard InChI is InChI=1S/C11H19N3S/c12-13-8-10-4-5-11(15-10)9-14-6-2-1-3-7-14/h4-5,13H,1-3,6-9,12H2. The van der Waals surface area contributed by atoms with Crippen molar-refractivity contribution < 1.29 is 0 Å². The highest BCUT2D eigenvalue weighted by Crippen LogP contribution is 2.20. The Morgan fingerprint density at radius 3 is 2.67 bits per heavy atom. The van der Waals surface area contributed by atoms with E-state index in [2.05, 4.69) is 22.5 Å². The predicted octanol–water partition coefficient (Wildman–Crippen LogP) is 1.70. The van der Waals surface area contributed by atoms with Crippen LogP contribution in [0.4, 0.5) is 0 Å². The maximum absolute atomic E-state index is 5.30. The molecule has 0 amide bonds. The van der Waals surface area contributed by atoms with Crippen LogP contribution < -0.4 is 11.3 Å². The van der Waals surface area contributed by atoms with Gasteiger partial charge in [0, 0.05) is 22.8 Å². The smallest absolute Gasteiger partial charge is 0.0442 e. The van der Waals surface area contributed by atoms with Gasteiger partial charge in [0.2, 0.25) is 0 Å². The van der Waals surface area contributed by atoms with E-state index in [1.54, 1.807) is 0 Å². The minimum absolute atomic E-state index is 0.782. The van der Waals surface area contributed by atoms with Crippen molar-refractivity contribution in [3.63, 3.8) is 0 Å². The molecular formula is C11H19N3S. The Morgan fingerprint density at radius 1 is 1.20 bits per heavy atom. The minimum Gasteiger partial charge on any atom is -0.298 e. The number of nitrogens with zero attached hydrogens (tertiary/aromatic N) is 1. The summed E-state index contributed by atoms with van der Waals surface area (Å²) in [6.07, 6.45) is 4.13. The first-order valence-electron chi connectivity index (χ1n) is 5.62. The van der Waals surface area contributed by atoms with E-state index in [9.17, 15) is 0 Å². The van der Waals surface area contributed by atoms with Gasteiger partial charge in [0.25, 0.3) is 0 Å². The van der Waals surface area contributed by atoms with E-state index in [0.29, 0.717) is 0 Å². The molecule has 1 aliphatic rings. The van der Waals surface area contributed by atoms with Crippen LogP contribution in [0.25, 0.3) is 0 Å². The molecule has 84 valence electrons. The van der Waals surface area contributed by atoms with Gasteiger partial charge in [-0.25, -0.2) is 0 Å². The average molecular weight is 225 g/mol. The molecule has 1 aliphatic heterocycles. The monoisotopic (exact) mass is 225 g/mol. The highest BCUT2D eigenvalue weighted by Gasteiger charge is 2.11. The van der Waals surface area contributed by atoms with Crippen LogP contribution in [0, 0.1) is 0 Å². The highest BCUT2D eigenvalue weighted by molar-refractivity contribution is 7.11. The molecule has 2 heterocycles. The zero-order valence-corrected chi connectivity index (χ0v) is 9.85. The molecule has 0 spiro atoms. The van der Waals surface area contributed by atoms with Gasteiger partial charge in [0.05, 0.1) is 0 Å². The summed E-state index contributed by atoms with van der Waals surface area (Å²) in [6.45, 7) is 4.44. The molecule has 0 aliphatic carbocycles. The third kappa shape index (κ3) is 3.28. The second kappa shape index (κ2) is 5.61.